The van der Waals surface area contributed by atoms with Gasteiger partial charge in [-0.15, -0.1) is 0 Å². The summed E-state index contributed by atoms with van der Waals surface area (Å²) in [5, 5.41) is 0. The van der Waals surface area contributed by atoms with Crippen LogP contribution in [0.15, 0.2) is 0 Å². The molecule has 78 valence electrons. The summed E-state index contributed by atoms with van der Waals surface area (Å²) in [7, 11) is 0. The maximum atomic E-state index is 11.9. The lowest BCUT2D eigenvalue weighted by atomic mass is 9.79. The molecule has 2 saturated carbocycles. The minimum atomic E-state index is -0.498. The molecule has 14 heavy (non-hydrogen) atoms. The van der Waals surface area contributed by atoms with Crippen LogP contribution in [-0.2, 0) is 14.3 Å². The highest BCUT2D eigenvalue weighted by atomic mass is 16.7. The van der Waals surface area contributed by atoms with Crippen LogP contribution >= 0.6 is 0 Å². The van der Waals surface area contributed by atoms with Crippen molar-refractivity contribution in [2.45, 2.75) is 37.9 Å². The van der Waals surface area contributed by atoms with Crippen LogP contribution in [0.3, 0.4) is 0 Å². The van der Waals surface area contributed by atoms with Gasteiger partial charge in [0.25, 0.3) is 0 Å². The van der Waals surface area contributed by atoms with E-state index in [2.05, 4.69) is 0 Å². The van der Waals surface area contributed by atoms with Gasteiger partial charge in [-0.25, -0.2) is 0 Å². The summed E-state index contributed by atoms with van der Waals surface area (Å²) in [6.45, 7) is 1.33. The van der Waals surface area contributed by atoms with Crippen molar-refractivity contribution >= 4 is 5.78 Å². The van der Waals surface area contributed by atoms with E-state index in [0.717, 1.165) is 25.7 Å². The predicted octanol–water partition coefficient (Wildman–Crippen LogP) is 1.51. The van der Waals surface area contributed by atoms with Gasteiger partial charge >= 0.3 is 0 Å². The molecule has 0 unspecified atom stereocenters. The summed E-state index contributed by atoms with van der Waals surface area (Å²) in [4.78, 5) is 11.9. The largest absolute Gasteiger partial charge is 0.347 e. The number of fused-ring (bicyclic) bond motifs is 2. The Morgan fingerprint density at radius 1 is 1.21 bits per heavy atom. The maximum absolute atomic E-state index is 11.9. The van der Waals surface area contributed by atoms with Gasteiger partial charge in [-0.3, -0.25) is 4.79 Å². The Balaban J connectivity index is 1.90. The Hall–Kier alpha value is -0.410. The standard InChI is InChI=1S/C11H16O3/c12-9-3-1-2-8-4-5-11(10(8)9)13-6-7-14-11/h8,10H,1-7H2/t8-,10+/m0/s1. The van der Waals surface area contributed by atoms with E-state index in [4.69, 9.17) is 9.47 Å². The van der Waals surface area contributed by atoms with Crippen LogP contribution in [0.4, 0.5) is 0 Å². The summed E-state index contributed by atoms with van der Waals surface area (Å²) < 4.78 is 11.4. The second-order valence-electron chi connectivity index (χ2n) is 4.64. The molecule has 0 radical (unpaired) electrons. The fraction of sp³-hybridized carbons (Fsp3) is 0.909. The molecule has 2 aliphatic carbocycles. The molecule has 0 N–H and O–H groups in total. The Kier molecular flexibility index (Phi) is 1.92. The minimum absolute atomic E-state index is 0.0544. The van der Waals surface area contributed by atoms with Gasteiger partial charge in [0.2, 0.25) is 0 Å². The Labute approximate surface area is 83.8 Å². The van der Waals surface area contributed by atoms with Crippen molar-refractivity contribution in [3.05, 3.63) is 0 Å². The van der Waals surface area contributed by atoms with Gasteiger partial charge in [0.15, 0.2) is 5.79 Å². The summed E-state index contributed by atoms with van der Waals surface area (Å²) in [5.74, 6) is 0.469. The second-order valence-corrected chi connectivity index (χ2v) is 4.64. The van der Waals surface area contributed by atoms with Gasteiger partial charge in [-0.1, -0.05) is 0 Å². The van der Waals surface area contributed by atoms with Crippen LogP contribution < -0.4 is 0 Å². The first-order chi connectivity index (χ1) is 6.82. The molecule has 1 aliphatic heterocycles. The number of ether oxygens (including phenoxy) is 2. The van der Waals surface area contributed by atoms with E-state index in [9.17, 15) is 4.79 Å². The molecule has 2 atom stereocenters. The first kappa shape index (κ1) is 8.86. The van der Waals surface area contributed by atoms with Crippen LogP contribution in [0.2, 0.25) is 0 Å². The number of ketones is 1. The van der Waals surface area contributed by atoms with Crippen molar-refractivity contribution in [3.63, 3.8) is 0 Å². The van der Waals surface area contributed by atoms with Gasteiger partial charge in [-0.05, 0) is 25.2 Å². The summed E-state index contributed by atoms with van der Waals surface area (Å²) in [6, 6.07) is 0. The monoisotopic (exact) mass is 196 g/mol. The van der Waals surface area contributed by atoms with Crippen molar-refractivity contribution in [2.75, 3.05) is 13.2 Å². The van der Waals surface area contributed by atoms with Crippen molar-refractivity contribution in [1.82, 2.24) is 0 Å². The zero-order valence-electron chi connectivity index (χ0n) is 8.33. The van der Waals surface area contributed by atoms with E-state index >= 15 is 0 Å². The first-order valence-electron chi connectivity index (χ1n) is 5.62. The number of Topliss-reactive ketones (excluding diaryl/α,β-unsaturated/α-hetero) is 1. The SMILES string of the molecule is O=C1CCC[C@H]2CCC3(OCCO3)[C@@H]12. The molecular weight excluding hydrogens is 180 g/mol. The zero-order valence-corrected chi connectivity index (χ0v) is 8.33. The van der Waals surface area contributed by atoms with Crippen molar-refractivity contribution in [2.24, 2.45) is 11.8 Å². The van der Waals surface area contributed by atoms with Gasteiger partial charge in [0, 0.05) is 12.8 Å². The molecule has 3 nitrogen and oxygen atoms in total. The topological polar surface area (TPSA) is 35.5 Å². The normalized spacial score (nSPS) is 40.4. The molecule has 3 aliphatic rings. The second kappa shape index (κ2) is 3.04. The highest BCUT2D eigenvalue weighted by molar-refractivity contribution is 5.83. The molecule has 1 heterocycles. The Bertz CT molecular complexity index is 255. The Morgan fingerprint density at radius 3 is 2.79 bits per heavy atom. The molecular formula is C11H16O3. The van der Waals surface area contributed by atoms with Crippen LogP contribution in [0, 0.1) is 11.8 Å². The molecule has 0 amide bonds. The lowest BCUT2D eigenvalue weighted by molar-refractivity contribution is -0.191. The highest BCUT2D eigenvalue weighted by Crippen LogP contribution is 2.50. The average Bonchev–Trinajstić information content (AvgIpc) is 2.77. The molecule has 0 aromatic carbocycles. The molecule has 3 rings (SSSR count). The molecule has 3 fully saturated rings. The van der Waals surface area contributed by atoms with Crippen LogP contribution in [0.25, 0.3) is 0 Å². The van der Waals surface area contributed by atoms with Crippen LogP contribution in [-0.4, -0.2) is 24.8 Å². The van der Waals surface area contributed by atoms with Crippen molar-refractivity contribution in [3.8, 4) is 0 Å². The van der Waals surface area contributed by atoms with Gasteiger partial charge in [0.1, 0.15) is 5.78 Å². The van der Waals surface area contributed by atoms with E-state index in [1.54, 1.807) is 0 Å². The predicted molar refractivity (Wildman–Crippen MR) is 49.7 cm³/mol. The summed E-state index contributed by atoms with van der Waals surface area (Å²) >= 11 is 0. The van der Waals surface area contributed by atoms with Gasteiger partial charge in [0.05, 0.1) is 19.1 Å². The average molecular weight is 196 g/mol. The molecule has 1 spiro atoms. The highest BCUT2D eigenvalue weighted by Gasteiger charge is 2.56. The zero-order chi connectivity index (χ0) is 9.60. The summed E-state index contributed by atoms with van der Waals surface area (Å²) in [6.07, 6.45) is 5.01. The maximum Gasteiger partial charge on any atom is 0.178 e. The molecule has 0 aromatic rings. The molecule has 0 aromatic heterocycles. The number of hydrogen-bond donors (Lipinski definition) is 0. The molecule has 3 heteroatoms. The quantitative estimate of drug-likeness (QED) is 0.589. The lowest BCUT2D eigenvalue weighted by Crippen LogP contribution is -2.43. The molecule has 1 saturated heterocycles. The van der Waals surface area contributed by atoms with E-state index < -0.39 is 5.79 Å². The number of carbonyl (C=O) groups excluding carboxylic acids is 1. The Morgan fingerprint density at radius 2 is 2.00 bits per heavy atom. The number of hydrogen-bond acceptors (Lipinski definition) is 3. The fourth-order valence-corrected chi connectivity index (χ4v) is 3.38. The van der Waals surface area contributed by atoms with Gasteiger partial charge in [-0.2, -0.15) is 0 Å². The third-order valence-corrected chi connectivity index (χ3v) is 3.93. The number of rotatable bonds is 0. The van der Waals surface area contributed by atoms with E-state index in [-0.39, 0.29) is 5.92 Å². The summed E-state index contributed by atoms with van der Waals surface area (Å²) in [5.41, 5.74) is 0. The van der Waals surface area contributed by atoms with Crippen molar-refractivity contribution in [1.29, 1.82) is 0 Å². The molecule has 0 bridgehead atoms. The fourth-order valence-electron chi connectivity index (χ4n) is 3.38. The third-order valence-electron chi connectivity index (χ3n) is 3.93. The first-order valence-corrected chi connectivity index (χ1v) is 5.62. The van der Waals surface area contributed by atoms with Gasteiger partial charge < -0.3 is 9.47 Å². The van der Waals surface area contributed by atoms with Crippen LogP contribution in [0.1, 0.15) is 32.1 Å². The third kappa shape index (κ3) is 1.09. The minimum Gasteiger partial charge on any atom is -0.347 e. The van der Waals surface area contributed by atoms with E-state index in [0.29, 0.717) is 24.9 Å². The van der Waals surface area contributed by atoms with E-state index in [1.807, 2.05) is 0 Å². The van der Waals surface area contributed by atoms with Crippen molar-refractivity contribution < 1.29 is 14.3 Å². The lowest BCUT2D eigenvalue weighted by Gasteiger charge is -2.33. The smallest absolute Gasteiger partial charge is 0.178 e. The number of carbonyl (C=O) groups is 1. The van der Waals surface area contributed by atoms with E-state index in [1.165, 1.54) is 6.42 Å². The van der Waals surface area contributed by atoms with Crippen LogP contribution in [0.5, 0.6) is 0 Å².